The van der Waals surface area contributed by atoms with Crippen LogP contribution in [-0.2, 0) is 11.3 Å². The third-order valence-electron chi connectivity index (χ3n) is 2.72. The van der Waals surface area contributed by atoms with Crippen molar-refractivity contribution in [1.29, 1.82) is 0 Å². The van der Waals surface area contributed by atoms with Gasteiger partial charge in [0.2, 0.25) is 0 Å². The van der Waals surface area contributed by atoms with Crippen molar-refractivity contribution in [3.8, 4) is 0 Å². The number of nitrogens with two attached hydrogens (primary N) is 1. The predicted octanol–water partition coefficient (Wildman–Crippen LogP) is 1.75. The van der Waals surface area contributed by atoms with Crippen LogP contribution < -0.4 is 5.73 Å². The number of hydrogen-bond acceptors (Lipinski definition) is 4. The molecule has 0 aromatic carbocycles. The molecule has 0 saturated carbocycles. The quantitative estimate of drug-likeness (QED) is 0.703. The summed E-state index contributed by atoms with van der Waals surface area (Å²) in [6, 6.07) is -0.0373. The van der Waals surface area contributed by atoms with Gasteiger partial charge in [-0.1, -0.05) is 32.4 Å². The van der Waals surface area contributed by atoms with E-state index in [1.807, 2.05) is 6.20 Å². The zero-order valence-corrected chi connectivity index (χ0v) is 11.1. The Hall–Kier alpha value is -0.940. The summed E-state index contributed by atoms with van der Waals surface area (Å²) in [7, 11) is 0. The zero-order valence-electron chi connectivity index (χ0n) is 11.1. The fourth-order valence-electron chi connectivity index (χ4n) is 1.42. The molecule has 1 atom stereocenters. The molecule has 17 heavy (non-hydrogen) atoms. The number of hydrogen-bond donors (Lipinski definition) is 1. The summed E-state index contributed by atoms with van der Waals surface area (Å²) < 4.78 is 7.27. The van der Waals surface area contributed by atoms with Crippen molar-refractivity contribution in [2.75, 3.05) is 13.2 Å². The highest BCUT2D eigenvalue weighted by atomic mass is 16.5. The third kappa shape index (κ3) is 4.83. The molecular formula is C12H24N4O. The van der Waals surface area contributed by atoms with Crippen LogP contribution in [0.5, 0.6) is 0 Å². The van der Waals surface area contributed by atoms with Crippen LogP contribution in [-0.4, -0.2) is 28.2 Å². The summed E-state index contributed by atoms with van der Waals surface area (Å²) >= 11 is 0. The smallest absolute Gasteiger partial charge is 0.0996 e. The van der Waals surface area contributed by atoms with Crippen molar-refractivity contribution in [3.63, 3.8) is 0 Å². The van der Waals surface area contributed by atoms with Gasteiger partial charge in [0, 0.05) is 6.61 Å². The second-order valence-corrected chi connectivity index (χ2v) is 4.64. The molecule has 1 rings (SSSR count). The maximum absolute atomic E-state index is 6.00. The molecule has 2 N–H and O–H groups in total. The number of rotatable bonds is 8. The van der Waals surface area contributed by atoms with E-state index in [0.717, 1.165) is 31.7 Å². The van der Waals surface area contributed by atoms with E-state index in [-0.39, 0.29) is 6.04 Å². The molecule has 5 heteroatoms. The minimum Gasteiger partial charge on any atom is -0.380 e. The number of ether oxygens (including phenoxy) is 1. The molecule has 98 valence electrons. The minimum absolute atomic E-state index is 0.0373. The second-order valence-electron chi connectivity index (χ2n) is 4.64. The molecule has 0 radical (unpaired) electrons. The third-order valence-corrected chi connectivity index (χ3v) is 2.72. The van der Waals surface area contributed by atoms with Gasteiger partial charge in [0.05, 0.1) is 31.1 Å². The monoisotopic (exact) mass is 240 g/mol. The van der Waals surface area contributed by atoms with E-state index in [4.69, 9.17) is 10.5 Å². The molecule has 0 amide bonds. The summed E-state index contributed by atoms with van der Waals surface area (Å²) in [5, 5.41) is 8.13. The Bertz CT molecular complexity index is 311. The molecular weight excluding hydrogens is 216 g/mol. The van der Waals surface area contributed by atoms with Gasteiger partial charge in [0.15, 0.2) is 0 Å². The van der Waals surface area contributed by atoms with Gasteiger partial charge in [0.25, 0.3) is 0 Å². The van der Waals surface area contributed by atoms with Gasteiger partial charge < -0.3 is 10.5 Å². The molecule has 1 heterocycles. The van der Waals surface area contributed by atoms with Crippen molar-refractivity contribution in [2.24, 2.45) is 11.7 Å². The molecule has 1 aromatic rings. The first-order valence-corrected chi connectivity index (χ1v) is 6.38. The Kier molecular flexibility index (Phi) is 6.15. The van der Waals surface area contributed by atoms with Gasteiger partial charge >= 0.3 is 0 Å². The minimum atomic E-state index is -0.0373. The van der Waals surface area contributed by atoms with Crippen LogP contribution >= 0.6 is 0 Å². The first-order valence-electron chi connectivity index (χ1n) is 6.38. The topological polar surface area (TPSA) is 66.0 Å². The Labute approximate surface area is 103 Å². The summed E-state index contributed by atoms with van der Waals surface area (Å²) in [5.74, 6) is 0.376. The highest BCUT2D eigenvalue weighted by molar-refractivity contribution is 5.00. The summed E-state index contributed by atoms with van der Waals surface area (Å²) in [5.41, 5.74) is 6.85. The normalized spacial score (nSPS) is 13.2. The van der Waals surface area contributed by atoms with Crippen LogP contribution in [0.1, 0.15) is 45.3 Å². The lowest BCUT2D eigenvalue weighted by Gasteiger charge is -2.11. The second kappa shape index (κ2) is 7.40. The van der Waals surface area contributed by atoms with E-state index < -0.39 is 0 Å². The Morgan fingerprint density at radius 3 is 2.82 bits per heavy atom. The maximum Gasteiger partial charge on any atom is 0.0996 e. The van der Waals surface area contributed by atoms with E-state index in [9.17, 15) is 0 Å². The summed E-state index contributed by atoms with van der Waals surface area (Å²) in [6.45, 7) is 8.56. The molecule has 0 saturated heterocycles. The average molecular weight is 240 g/mol. The van der Waals surface area contributed by atoms with Crippen LogP contribution in [0.25, 0.3) is 0 Å². The lowest BCUT2D eigenvalue weighted by Crippen LogP contribution is -2.17. The van der Waals surface area contributed by atoms with Crippen molar-refractivity contribution in [3.05, 3.63) is 11.9 Å². The Morgan fingerprint density at radius 2 is 2.18 bits per heavy atom. The molecule has 0 fully saturated rings. The van der Waals surface area contributed by atoms with E-state index in [1.54, 1.807) is 4.68 Å². The molecule has 1 unspecified atom stereocenters. The van der Waals surface area contributed by atoms with Crippen molar-refractivity contribution in [1.82, 2.24) is 15.0 Å². The van der Waals surface area contributed by atoms with Gasteiger partial charge in [-0.2, -0.15) is 0 Å². The van der Waals surface area contributed by atoms with Crippen molar-refractivity contribution in [2.45, 2.75) is 46.2 Å². The maximum atomic E-state index is 6.00. The molecule has 0 spiro atoms. The van der Waals surface area contributed by atoms with E-state index >= 15 is 0 Å². The summed E-state index contributed by atoms with van der Waals surface area (Å²) in [4.78, 5) is 0. The van der Waals surface area contributed by atoms with Gasteiger partial charge in [0.1, 0.15) is 0 Å². The lowest BCUT2D eigenvalue weighted by atomic mass is 10.0. The number of unbranched alkanes of at least 4 members (excludes halogenated alkanes) is 1. The fraction of sp³-hybridized carbons (Fsp3) is 0.833. The van der Waals surface area contributed by atoms with Gasteiger partial charge in [-0.05, 0) is 12.3 Å². The fourth-order valence-corrected chi connectivity index (χ4v) is 1.42. The van der Waals surface area contributed by atoms with E-state index in [2.05, 4.69) is 31.1 Å². The standard InChI is InChI=1S/C12H24N4O/c1-4-5-7-17-8-6-16-9-11(14-15-16)12(13)10(2)3/h9-10,12H,4-8,13H2,1-3H3. The SMILES string of the molecule is CCCCOCCn1cc(C(N)C(C)C)nn1. The Balaban J connectivity index is 2.31. The molecule has 1 aromatic heterocycles. The van der Waals surface area contributed by atoms with Crippen molar-refractivity contribution >= 4 is 0 Å². The van der Waals surface area contributed by atoms with Gasteiger partial charge in [-0.3, -0.25) is 0 Å². The number of nitrogens with zero attached hydrogens (tertiary/aromatic N) is 3. The first kappa shape index (κ1) is 14.1. The molecule has 0 bridgehead atoms. The average Bonchev–Trinajstić information content (AvgIpc) is 2.76. The van der Waals surface area contributed by atoms with Crippen LogP contribution in [0, 0.1) is 5.92 Å². The van der Waals surface area contributed by atoms with Crippen LogP contribution in [0.2, 0.25) is 0 Å². The van der Waals surface area contributed by atoms with Crippen LogP contribution in [0.3, 0.4) is 0 Å². The van der Waals surface area contributed by atoms with E-state index in [1.165, 1.54) is 0 Å². The highest BCUT2D eigenvalue weighted by Crippen LogP contribution is 2.15. The summed E-state index contributed by atoms with van der Waals surface area (Å²) in [6.07, 6.45) is 4.19. The predicted molar refractivity (Wildman–Crippen MR) is 67.5 cm³/mol. The highest BCUT2D eigenvalue weighted by Gasteiger charge is 2.13. The molecule has 0 aliphatic heterocycles. The van der Waals surface area contributed by atoms with Gasteiger partial charge in [-0.15, -0.1) is 5.10 Å². The van der Waals surface area contributed by atoms with E-state index in [0.29, 0.717) is 12.5 Å². The largest absolute Gasteiger partial charge is 0.380 e. The van der Waals surface area contributed by atoms with Crippen LogP contribution in [0.4, 0.5) is 0 Å². The van der Waals surface area contributed by atoms with Gasteiger partial charge in [-0.25, -0.2) is 4.68 Å². The number of aromatic nitrogens is 3. The molecule has 0 aliphatic carbocycles. The zero-order chi connectivity index (χ0) is 12.7. The first-order chi connectivity index (χ1) is 8.15. The molecule has 0 aliphatic rings. The van der Waals surface area contributed by atoms with Crippen LogP contribution in [0.15, 0.2) is 6.20 Å². The van der Waals surface area contributed by atoms with Crippen molar-refractivity contribution < 1.29 is 4.74 Å². The lowest BCUT2D eigenvalue weighted by molar-refractivity contribution is 0.120. The Morgan fingerprint density at radius 1 is 1.41 bits per heavy atom. The molecule has 5 nitrogen and oxygen atoms in total.